The van der Waals surface area contributed by atoms with E-state index >= 15 is 0 Å². The Morgan fingerprint density at radius 3 is 2.03 bits per heavy atom. The molecule has 1 heterocycles. The molecule has 3 aromatic carbocycles. The highest BCUT2D eigenvalue weighted by molar-refractivity contribution is 6.32. The number of rotatable bonds is 7. The second-order valence-corrected chi connectivity index (χ2v) is 7.61. The number of aromatic nitrogens is 2. The first-order valence-electron chi connectivity index (χ1n) is 9.99. The van der Waals surface area contributed by atoms with Crippen LogP contribution >= 0.6 is 11.6 Å². The maximum atomic E-state index is 12.3. The van der Waals surface area contributed by atoms with Crippen molar-refractivity contribution in [3.05, 3.63) is 88.4 Å². The number of aryl methyl sites for hydroxylation is 1. The molecule has 0 amide bonds. The van der Waals surface area contributed by atoms with Crippen molar-refractivity contribution in [3.63, 3.8) is 0 Å². The van der Waals surface area contributed by atoms with Crippen LogP contribution in [0.15, 0.2) is 71.1 Å². The highest BCUT2D eigenvalue weighted by Crippen LogP contribution is 2.26. The van der Waals surface area contributed by atoms with Crippen molar-refractivity contribution >= 4 is 23.4 Å². The predicted molar refractivity (Wildman–Crippen MR) is 123 cm³/mol. The molecular formula is C25H19ClN2O5. The van der Waals surface area contributed by atoms with Crippen LogP contribution in [-0.2, 0) is 4.74 Å². The molecule has 0 aliphatic carbocycles. The van der Waals surface area contributed by atoms with E-state index in [1.807, 2.05) is 31.2 Å². The minimum Gasteiger partial charge on any atom is -0.495 e. The first-order valence-corrected chi connectivity index (χ1v) is 10.4. The van der Waals surface area contributed by atoms with Crippen molar-refractivity contribution < 1.29 is 23.5 Å². The third-order valence-corrected chi connectivity index (χ3v) is 5.19. The van der Waals surface area contributed by atoms with Gasteiger partial charge in [-0.25, -0.2) is 4.79 Å². The van der Waals surface area contributed by atoms with Gasteiger partial charge >= 0.3 is 5.97 Å². The Kier molecular flexibility index (Phi) is 6.51. The fourth-order valence-electron chi connectivity index (χ4n) is 3.04. The van der Waals surface area contributed by atoms with E-state index in [2.05, 4.69) is 10.2 Å². The van der Waals surface area contributed by atoms with Gasteiger partial charge in [0, 0.05) is 16.7 Å². The number of hydrogen-bond donors (Lipinski definition) is 0. The summed E-state index contributed by atoms with van der Waals surface area (Å²) in [4.78, 5) is 24.6. The molecule has 0 bridgehead atoms. The minimum atomic E-state index is -0.625. The molecule has 0 saturated carbocycles. The van der Waals surface area contributed by atoms with Crippen LogP contribution in [0, 0.1) is 6.92 Å². The van der Waals surface area contributed by atoms with Crippen molar-refractivity contribution in [2.24, 2.45) is 0 Å². The number of carbonyl (C=O) groups excluding carboxylic acids is 2. The van der Waals surface area contributed by atoms with Crippen LogP contribution in [0.3, 0.4) is 0 Å². The largest absolute Gasteiger partial charge is 0.495 e. The predicted octanol–water partition coefficient (Wildman–Crippen LogP) is 5.41. The minimum absolute atomic E-state index is 0.289. The van der Waals surface area contributed by atoms with E-state index in [4.69, 9.17) is 25.5 Å². The summed E-state index contributed by atoms with van der Waals surface area (Å²) >= 11 is 6.04. The molecule has 0 aliphatic heterocycles. The normalized spacial score (nSPS) is 10.6. The zero-order chi connectivity index (χ0) is 23.4. The summed E-state index contributed by atoms with van der Waals surface area (Å²) in [6.07, 6.45) is 0. The second kappa shape index (κ2) is 9.67. The maximum Gasteiger partial charge on any atom is 0.338 e. The van der Waals surface area contributed by atoms with Gasteiger partial charge in [-0.2, -0.15) is 0 Å². The zero-order valence-electron chi connectivity index (χ0n) is 17.9. The number of benzene rings is 3. The summed E-state index contributed by atoms with van der Waals surface area (Å²) in [5, 5.41) is 8.46. The monoisotopic (exact) mass is 462 g/mol. The molecule has 33 heavy (non-hydrogen) atoms. The molecule has 0 unspecified atom stereocenters. The number of halogens is 1. The van der Waals surface area contributed by atoms with E-state index in [1.165, 1.54) is 13.2 Å². The van der Waals surface area contributed by atoms with E-state index in [9.17, 15) is 9.59 Å². The number of methoxy groups -OCH3 is 1. The van der Waals surface area contributed by atoms with E-state index in [0.29, 0.717) is 33.7 Å². The number of Topliss-reactive ketones (excluding diaryl/α,β-unsaturated/α-hetero) is 1. The lowest BCUT2D eigenvalue weighted by atomic mass is 10.1. The van der Waals surface area contributed by atoms with E-state index in [-0.39, 0.29) is 11.3 Å². The van der Waals surface area contributed by atoms with Gasteiger partial charge in [-0.3, -0.25) is 4.79 Å². The first kappa shape index (κ1) is 22.2. The number of ether oxygens (including phenoxy) is 2. The molecule has 0 N–H and O–H groups in total. The van der Waals surface area contributed by atoms with Crippen molar-refractivity contribution in [1.29, 1.82) is 0 Å². The molecule has 0 radical (unpaired) electrons. The van der Waals surface area contributed by atoms with Gasteiger partial charge in [0.25, 0.3) is 0 Å². The molecule has 4 aromatic rings. The van der Waals surface area contributed by atoms with Gasteiger partial charge in [-0.05, 0) is 61.5 Å². The van der Waals surface area contributed by atoms with Crippen molar-refractivity contribution in [1.82, 2.24) is 10.2 Å². The highest BCUT2D eigenvalue weighted by Gasteiger charge is 2.15. The fraction of sp³-hybridized carbons (Fsp3) is 0.120. The molecule has 1 aromatic heterocycles. The molecule has 7 nitrogen and oxygen atoms in total. The van der Waals surface area contributed by atoms with Gasteiger partial charge in [0.2, 0.25) is 11.8 Å². The van der Waals surface area contributed by atoms with Gasteiger partial charge in [0.15, 0.2) is 12.4 Å². The summed E-state index contributed by atoms with van der Waals surface area (Å²) in [5.74, 6) is 0.194. The standard InChI is InChI=1S/C25H19ClN2O5/c1-15-3-5-16(6-4-15)23-27-28-24(33-23)17-7-9-18(10-8-17)25(30)32-14-21(29)19-11-12-22(31-2)20(26)13-19/h3-13H,14H2,1-2H3. The smallest absolute Gasteiger partial charge is 0.338 e. The zero-order valence-corrected chi connectivity index (χ0v) is 18.6. The Bertz CT molecular complexity index is 1300. The quantitative estimate of drug-likeness (QED) is 0.267. The summed E-state index contributed by atoms with van der Waals surface area (Å²) in [7, 11) is 1.48. The average molecular weight is 463 g/mol. The molecule has 0 atom stereocenters. The number of ketones is 1. The van der Waals surface area contributed by atoms with Gasteiger partial charge in [0.1, 0.15) is 5.75 Å². The Labute approximate surface area is 194 Å². The second-order valence-electron chi connectivity index (χ2n) is 7.20. The van der Waals surface area contributed by atoms with E-state index in [1.54, 1.807) is 36.4 Å². The molecule has 0 saturated heterocycles. The lowest BCUT2D eigenvalue weighted by Crippen LogP contribution is -2.14. The fourth-order valence-corrected chi connectivity index (χ4v) is 3.30. The number of carbonyl (C=O) groups is 2. The Hall–Kier alpha value is -3.97. The lowest BCUT2D eigenvalue weighted by Gasteiger charge is -2.07. The van der Waals surface area contributed by atoms with E-state index in [0.717, 1.165) is 11.1 Å². The first-order chi connectivity index (χ1) is 15.9. The van der Waals surface area contributed by atoms with Gasteiger partial charge in [-0.15, -0.1) is 10.2 Å². The molecule has 0 spiro atoms. The Balaban J connectivity index is 1.39. The molecule has 0 fully saturated rings. The van der Waals surface area contributed by atoms with Crippen molar-refractivity contribution in [2.75, 3.05) is 13.7 Å². The van der Waals surface area contributed by atoms with Gasteiger partial charge < -0.3 is 13.9 Å². The van der Waals surface area contributed by atoms with Gasteiger partial charge in [0.05, 0.1) is 17.7 Å². The van der Waals surface area contributed by atoms with Crippen LogP contribution in [0.1, 0.15) is 26.3 Å². The van der Waals surface area contributed by atoms with Crippen LogP contribution < -0.4 is 4.74 Å². The topological polar surface area (TPSA) is 91.5 Å². The molecule has 166 valence electrons. The third kappa shape index (κ3) is 5.10. The number of nitrogens with zero attached hydrogens (tertiary/aromatic N) is 2. The SMILES string of the molecule is COc1ccc(C(=O)COC(=O)c2ccc(-c3nnc(-c4ccc(C)cc4)o3)cc2)cc1Cl. The molecular weight excluding hydrogens is 444 g/mol. The summed E-state index contributed by atoms with van der Waals surface area (Å²) in [6.45, 7) is 1.59. The summed E-state index contributed by atoms with van der Waals surface area (Å²) < 4.78 is 16.0. The summed E-state index contributed by atoms with van der Waals surface area (Å²) in [5.41, 5.74) is 3.22. The van der Waals surface area contributed by atoms with Crippen molar-refractivity contribution in [3.8, 4) is 28.7 Å². The number of esters is 1. The van der Waals surface area contributed by atoms with Crippen LogP contribution in [0.25, 0.3) is 22.9 Å². The van der Waals surface area contributed by atoms with Gasteiger partial charge in [-0.1, -0.05) is 29.3 Å². The lowest BCUT2D eigenvalue weighted by molar-refractivity contribution is 0.0475. The van der Waals surface area contributed by atoms with Crippen molar-refractivity contribution in [2.45, 2.75) is 6.92 Å². The average Bonchev–Trinajstić information content (AvgIpc) is 3.33. The Morgan fingerprint density at radius 2 is 1.45 bits per heavy atom. The van der Waals surface area contributed by atoms with Crippen LogP contribution in [0.4, 0.5) is 0 Å². The molecule has 0 aliphatic rings. The molecule has 4 rings (SSSR count). The van der Waals surface area contributed by atoms with Crippen LogP contribution in [0.2, 0.25) is 5.02 Å². The highest BCUT2D eigenvalue weighted by atomic mass is 35.5. The molecule has 8 heteroatoms. The van der Waals surface area contributed by atoms with Crippen LogP contribution in [-0.4, -0.2) is 35.7 Å². The van der Waals surface area contributed by atoms with Crippen LogP contribution in [0.5, 0.6) is 5.75 Å². The maximum absolute atomic E-state index is 12.3. The summed E-state index contributed by atoms with van der Waals surface area (Å²) in [6, 6.07) is 18.9. The third-order valence-electron chi connectivity index (χ3n) is 4.90. The number of hydrogen-bond acceptors (Lipinski definition) is 7. The Morgan fingerprint density at radius 1 is 0.879 bits per heavy atom. The van der Waals surface area contributed by atoms with E-state index < -0.39 is 12.6 Å².